The van der Waals surface area contributed by atoms with Crippen molar-refractivity contribution in [1.29, 1.82) is 0 Å². The molecule has 2 nitrogen and oxygen atoms in total. The van der Waals surface area contributed by atoms with E-state index in [1.165, 1.54) is 23.9 Å². The van der Waals surface area contributed by atoms with E-state index < -0.39 is 0 Å². The van der Waals surface area contributed by atoms with Gasteiger partial charge in [-0.3, -0.25) is 0 Å². The van der Waals surface area contributed by atoms with Gasteiger partial charge in [-0.2, -0.15) is 0 Å². The van der Waals surface area contributed by atoms with Crippen LogP contribution in [0, 0.1) is 5.82 Å². The highest BCUT2D eigenvalue weighted by Crippen LogP contribution is 2.25. The third kappa shape index (κ3) is 1.08. The lowest BCUT2D eigenvalue weighted by molar-refractivity contribution is 0.437. The van der Waals surface area contributed by atoms with E-state index in [1.54, 1.807) is 6.07 Å². The second kappa shape index (κ2) is 2.79. The molecule has 1 aromatic carbocycles. The number of fused-ring (bicyclic) bond motifs is 1. The van der Waals surface area contributed by atoms with E-state index in [0.29, 0.717) is 5.58 Å². The van der Waals surface area contributed by atoms with Gasteiger partial charge < -0.3 is 4.52 Å². The Balaban J connectivity index is 2.75. The first-order valence-corrected chi connectivity index (χ1v) is 4.62. The molecule has 1 aromatic heterocycles. The van der Waals surface area contributed by atoms with Crippen LogP contribution in [0.15, 0.2) is 27.7 Å². The summed E-state index contributed by atoms with van der Waals surface area (Å²) in [5.74, 6) is -0.263. The molecule has 2 aromatic rings. The molecule has 0 spiro atoms. The summed E-state index contributed by atoms with van der Waals surface area (Å²) in [7, 11) is 0. The molecule has 0 amide bonds. The van der Waals surface area contributed by atoms with Gasteiger partial charge in [-0.15, -0.1) is 11.8 Å². The smallest absolute Gasteiger partial charge is 0.168 e. The third-order valence-electron chi connectivity index (χ3n) is 1.59. The van der Waals surface area contributed by atoms with Crippen molar-refractivity contribution < 1.29 is 8.91 Å². The van der Waals surface area contributed by atoms with Crippen LogP contribution < -0.4 is 0 Å². The van der Waals surface area contributed by atoms with Crippen LogP contribution in [-0.4, -0.2) is 11.4 Å². The molecule has 2 rings (SSSR count). The molecule has 0 aliphatic carbocycles. The molecule has 62 valence electrons. The maximum absolute atomic E-state index is 12.8. The van der Waals surface area contributed by atoms with Crippen LogP contribution in [0.4, 0.5) is 4.39 Å². The number of benzene rings is 1. The Hall–Kier alpha value is -1.03. The van der Waals surface area contributed by atoms with Gasteiger partial charge in [0, 0.05) is 0 Å². The monoisotopic (exact) mass is 183 g/mol. The second-order valence-corrected chi connectivity index (χ2v) is 3.13. The zero-order chi connectivity index (χ0) is 8.55. The summed E-state index contributed by atoms with van der Waals surface area (Å²) < 4.78 is 17.7. The minimum Gasteiger partial charge on any atom is -0.355 e. The molecule has 0 bridgehead atoms. The van der Waals surface area contributed by atoms with Gasteiger partial charge in [-0.1, -0.05) is 5.16 Å². The van der Waals surface area contributed by atoms with Crippen molar-refractivity contribution in [3.63, 3.8) is 0 Å². The first-order chi connectivity index (χ1) is 5.81. The van der Waals surface area contributed by atoms with E-state index in [2.05, 4.69) is 5.16 Å². The van der Waals surface area contributed by atoms with Crippen molar-refractivity contribution in [2.24, 2.45) is 0 Å². The van der Waals surface area contributed by atoms with Gasteiger partial charge in [-0.25, -0.2) is 4.39 Å². The summed E-state index contributed by atoms with van der Waals surface area (Å²) in [6.07, 6.45) is 1.88. The van der Waals surface area contributed by atoms with Crippen LogP contribution in [0.5, 0.6) is 0 Å². The lowest BCUT2D eigenvalue weighted by Crippen LogP contribution is -1.72. The van der Waals surface area contributed by atoms with Gasteiger partial charge in [0.05, 0.1) is 5.39 Å². The Morgan fingerprint density at radius 2 is 2.33 bits per heavy atom. The highest BCUT2D eigenvalue weighted by molar-refractivity contribution is 7.98. The Morgan fingerprint density at radius 3 is 3.08 bits per heavy atom. The van der Waals surface area contributed by atoms with Gasteiger partial charge in [-0.05, 0) is 24.5 Å². The van der Waals surface area contributed by atoms with E-state index >= 15 is 0 Å². The Morgan fingerprint density at radius 1 is 1.50 bits per heavy atom. The van der Waals surface area contributed by atoms with Crippen LogP contribution in [0.2, 0.25) is 0 Å². The van der Waals surface area contributed by atoms with Gasteiger partial charge >= 0.3 is 0 Å². The van der Waals surface area contributed by atoms with Crippen molar-refractivity contribution in [3.05, 3.63) is 24.0 Å². The number of thioether (sulfide) groups is 1. The zero-order valence-electron chi connectivity index (χ0n) is 6.37. The molecular formula is C8H6FNOS. The fourth-order valence-corrected chi connectivity index (χ4v) is 1.53. The van der Waals surface area contributed by atoms with Crippen molar-refractivity contribution in [3.8, 4) is 0 Å². The maximum atomic E-state index is 12.8. The largest absolute Gasteiger partial charge is 0.355 e. The topological polar surface area (TPSA) is 26.0 Å². The SMILES string of the molecule is CSc1noc2ccc(F)cc12. The zero-order valence-corrected chi connectivity index (χ0v) is 7.19. The predicted molar refractivity (Wildman–Crippen MR) is 45.7 cm³/mol. The normalized spacial score (nSPS) is 10.8. The molecule has 0 saturated carbocycles. The van der Waals surface area contributed by atoms with Crippen LogP contribution in [0.25, 0.3) is 11.0 Å². The molecule has 0 aliphatic rings. The van der Waals surface area contributed by atoms with Crippen molar-refractivity contribution >= 4 is 22.7 Å². The van der Waals surface area contributed by atoms with E-state index in [4.69, 9.17) is 4.52 Å². The summed E-state index contributed by atoms with van der Waals surface area (Å²) in [4.78, 5) is 0. The van der Waals surface area contributed by atoms with Crippen molar-refractivity contribution in [2.45, 2.75) is 5.03 Å². The standard InChI is InChI=1S/C8H6FNOS/c1-12-8-6-4-5(9)2-3-7(6)11-10-8/h2-4H,1H3. The Bertz CT molecular complexity index is 412. The average Bonchev–Trinajstić information content (AvgIpc) is 2.46. The van der Waals surface area contributed by atoms with Gasteiger partial charge in [0.2, 0.25) is 0 Å². The Kier molecular flexibility index (Phi) is 1.77. The number of nitrogens with zero attached hydrogens (tertiary/aromatic N) is 1. The number of halogens is 1. The molecule has 0 aliphatic heterocycles. The van der Waals surface area contributed by atoms with Crippen LogP contribution >= 0.6 is 11.8 Å². The van der Waals surface area contributed by atoms with E-state index in [0.717, 1.165) is 10.4 Å². The highest BCUT2D eigenvalue weighted by Gasteiger charge is 2.06. The highest BCUT2D eigenvalue weighted by atomic mass is 32.2. The van der Waals surface area contributed by atoms with Crippen LogP contribution in [0.3, 0.4) is 0 Å². The van der Waals surface area contributed by atoms with Gasteiger partial charge in [0.25, 0.3) is 0 Å². The van der Waals surface area contributed by atoms with Crippen molar-refractivity contribution in [1.82, 2.24) is 5.16 Å². The molecule has 0 radical (unpaired) electrons. The average molecular weight is 183 g/mol. The molecule has 12 heavy (non-hydrogen) atoms. The van der Waals surface area contributed by atoms with E-state index in [9.17, 15) is 4.39 Å². The summed E-state index contributed by atoms with van der Waals surface area (Å²) in [5.41, 5.74) is 0.626. The lowest BCUT2D eigenvalue weighted by atomic mass is 10.3. The molecule has 0 saturated heterocycles. The van der Waals surface area contributed by atoms with Gasteiger partial charge in [0.1, 0.15) is 10.8 Å². The molecule has 4 heteroatoms. The summed E-state index contributed by atoms with van der Waals surface area (Å²) in [5, 5.41) is 5.24. The number of aromatic nitrogens is 1. The van der Waals surface area contributed by atoms with Crippen LogP contribution in [-0.2, 0) is 0 Å². The number of hydrogen-bond donors (Lipinski definition) is 0. The van der Waals surface area contributed by atoms with Crippen LogP contribution in [0.1, 0.15) is 0 Å². The molecule has 0 atom stereocenters. The Labute approximate surface area is 72.7 Å². The fraction of sp³-hybridized carbons (Fsp3) is 0.125. The minimum atomic E-state index is -0.263. The fourth-order valence-electron chi connectivity index (χ4n) is 1.04. The van der Waals surface area contributed by atoms with Gasteiger partial charge in [0.15, 0.2) is 5.58 Å². The van der Waals surface area contributed by atoms with E-state index in [1.807, 2.05) is 6.26 Å². The van der Waals surface area contributed by atoms with Crippen molar-refractivity contribution in [2.75, 3.05) is 6.26 Å². The molecule has 1 heterocycles. The first-order valence-electron chi connectivity index (χ1n) is 3.40. The summed E-state index contributed by atoms with van der Waals surface area (Å²) >= 11 is 1.44. The van der Waals surface area contributed by atoms with E-state index in [-0.39, 0.29) is 5.82 Å². The number of hydrogen-bond acceptors (Lipinski definition) is 3. The summed E-state index contributed by atoms with van der Waals surface area (Å²) in [6.45, 7) is 0. The number of rotatable bonds is 1. The molecule has 0 N–H and O–H groups in total. The molecular weight excluding hydrogens is 177 g/mol. The quantitative estimate of drug-likeness (QED) is 0.636. The lowest BCUT2D eigenvalue weighted by Gasteiger charge is -1.88. The minimum absolute atomic E-state index is 0.263. The maximum Gasteiger partial charge on any atom is 0.168 e. The predicted octanol–water partition coefficient (Wildman–Crippen LogP) is 2.69. The second-order valence-electron chi connectivity index (χ2n) is 2.33. The third-order valence-corrected chi connectivity index (χ3v) is 2.27. The first kappa shape index (κ1) is 7.61. The summed E-state index contributed by atoms with van der Waals surface area (Å²) in [6, 6.07) is 4.37. The molecule has 0 fully saturated rings. The molecule has 0 unspecified atom stereocenters.